The molecule has 0 spiro atoms. The second-order valence-corrected chi connectivity index (χ2v) is 4.91. The molecule has 0 aliphatic carbocycles. The minimum Gasteiger partial charge on any atom is -0.497 e. The topological polar surface area (TPSA) is 61.8 Å². The summed E-state index contributed by atoms with van der Waals surface area (Å²) >= 11 is 0. The van der Waals surface area contributed by atoms with E-state index in [-0.39, 0.29) is 24.1 Å². The largest absolute Gasteiger partial charge is 0.497 e. The zero-order valence-electron chi connectivity index (χ0n) is 12.3. The van der Waals surface area contributed by atoms with E-state index in [1.54, 1.807) is 38.3 Å². The lowest BCUT2D eigenvalue weighted by molar-refractivity contribution is -0.145. The van der Waals surface area contributed by atoms with E-state index in [1.807, 2.05) is 0 Å². The van der Waals surface area contributed by atoms with Crippen molar-refractivity contribution in [2.75, 3.05) is 20.3 Å². The Hall–Kier alpha value is -1.88. The maximum atomic E-state index is 12.5. The van der Waals surface area contributed by atoms with Gasteiger partial charge in [0.25, 0.3) is 0 Å². The summed E-state index contributed by atoms with van der Waals surface area (Å²) < 4.78 is 15.5. The molecule has 1 aromatic rings. The average Bonchev–Trinajstić information content (AvgIpc) is 2.95. The van der Waals surface area contributed by atoms with Crippen molar-refractivity contribution in [3.05, 3.63) is 29.8 Å². The molecule has 21 heavy (non-hydrogen) atoms. The lowest BCUT2D eigenvalue weighted by Gasteiger charge is -2.16. The van der Waals surface area contributed by atoms with Gasteiger partial charge in [-0.15, -0.1) is 0 Å². The van der Waals surface area contributed by atoms with Crippen molar-refractivity contribution in [3.8, 4) is 5.75 Å². The maximum absolute atomic E-state index is 12.5. The number of ketones is 1. The molecule has 0 radical (unpaired) electrons. The van der Waals surface area contributed by atoms with Crippen LogP contribution in [0.3, 0.4) is 0 Å². The van der Waals surface area contributed by atoms with Gasteiger partial charge in [0.2, 0.25) is 0 Å². The summed E-state index contributed by atoms with van der Waals surface area (Å²) in [4.78, 5) is 24.1. The van der Waals surface area contributed by atoms with Gasteiger partial charge in [-0.1, -0.05) is 0 Å². The van der Waals surface area contributed by atoms with E-state index in [2.05, 4.69) is 0 Å². The minimum absolute atomic E-state index is 0.00412. The first-order valence-electron chi connectivity index (χ1n) is 7.11. The summed E-state index contributed by atoms with van der Waals surface area (Å²) in [6.45, 7) is 2.59. The lowest BCUT2D eigenvalue weighted by Crippen LogP contribution is -2.27. The third-order valence-corrected chi connectivity index (χ3v) is 3.59. The normalized spacial score (nSPS) is 21.0. The van der Waals surface area contributed by atoms with E-state index in [0.29, 0.717) is 30.9 Å². The van der Waals surface area contributed by atoms with Gasteiger partial charge in [-0.3, -0.25) is 9.59 Å². The van der Waals surface area contributed by atoms with E-state index >= 15 is 0 Å². The van der Waals surface area contributed by atoms with Crippen LogP contribution < -0.4 is 4.74 Å². The van der Waals surface area contributed by atoms with Gasteiger partial charge in [0.1, 0.15) is 5.75 Å². The standard InChI is InChI=1S/C16H20O5/c1-3-20-15(17)10-14-13(8-9-21-14)16(18)11-4-6-12(19-2)7-5-11/h4-7,13-14H,3,8-10H2,1-2H3/t13-,14+/m1/s1. The van der Waals surface area contributed by atoms with Crippen LogP contribution in [-0.4, -0.2) is 38.2 Å². The van der Waals surface area contributed by atoms with Crippen LogP contribution in [0.2, 0.25) is 0 Å². The molecule has 5 heteroatoms. The van der Waals surface area contributed by atoms with Crippen LogP contribution in [0.4, 0.5) is 0 Å². The Kier molecular flexibility index (Phi) is 5.33. The summed E-state index contributed by atoms with van der Waals surface area (Å²) in [5.74, 6) is 0.0986. The Labute approximate surface area is 124 Å². The molecule has 0 aromatic heterocycles. The molecular weight excluding hydrogens is 272 g/mol. The number of hydrogen-bond donors (Lipinski definition) is 0. The van der Waals surface area contributed by atoms with Gasteiger partial charge >= 0.3 is 5.97 Å². The van der Waals surface area contributed by atoms with Gasteiger partial charge in [0.15, 0.2) is 5.78 Å². The third kappa shape index (κ3) is 3.82. The lowest BCUT2D eigenvalue weighted by atomic mass is 9.90. The zero-order chi connectivity index (χ0) is 15.2. The Bertz CT molecular complexity index is 494. The Morgan fingerprint density at radius 1 is 1.29 bits per heavy atom. The smallest absolute Gasteiger partial charge is 0.308 e. The van der Waals surface area contributed by atoms with Crippen molar-refractivity contribution in [2.24, 2.45) is 5.92 Å². The van der Waals surface area contributed by atoms with Crippen LogP contribution in [0.15, 0.2) is 24.3 Å². The van der Waals surface area contributed by atoms with Gasteiger partial charge in [-0.25, -0.2) is 0 Å². The molecule has 2 atom stereocenters. The molecule has 2 rings (SSSR count). The quantitative estimate of drug-likeness (QED) is 0.594. The summed E-state index contributed by atoms with van der Waals surface area (Å²) in [6.07, 6.45) is 0.369. The highest BCUT2D eigenvalue weighted by Gasteiger charge is 2.36. The molecule has 0 N–H and O–H groups in total. The zero-order valence-corrected chi connectivity index (χ0v) is 12.3. The van der Waals surface area contributed by atoms with E-state index in [4.69, 9.17) is 14.2 Å². The fraction of sp³-hybridized carbons (Fsp3) is 0.500. The highest BCUT2D eigenvalue weighted by Crippen LogP contribution is 2.28. The number of carbonyl (C=O) groups excluding carboxylic acids is 2. The van der Waals surface area contributed by atoms with Crippen LogP contribution in [0.1, 0.15) is 30.1 Å². The molecule has 1 fully saturated rings. The first kappa shape index (κ1) is 15.5. The van der Waals surface area contributed by atoms with Gasteiger partial charge in [-0.05, 0) is 37.6 Å². The highest BCUT2D eigenvalue weighted by atomic mass is 16.5. The predicted octanol–water partition coefficient (Wildman–Crippen LogP) is 2.24. The van der Waals surface area contributed by atoms with E-state index in [9.17, 15) is 9.59 Å². The van der Waals surface area contributed by atoms with E-state index in [1.165, 1.54) is 0 Å². The highest BCUT2D eigenvalue weighted by molar-refractivity contribution is 5.98. The van der Waals surface area contributed by atoms with Gasteiger partial charge in [-0.2, -0.15) is 0 Å². The Morgan fingerprint density at radius 3 is 2.62 bits per heavy atom. The number of esters is 1. The molecule has 1 saturated heterocycles. The molecule has 0 unspecified atom stereocenters. The second-order valence-electron chi connectivity index (χ2n) is 4.91. The molecule has 114 valence electrons. The summed E-state index contributed by atoms with van der Waals surface area (Å²) in [5, 5.41) is 0. The molecule has 1 aliphatic heterocycles. The molecule has 0 bridgehead atoms. The second kappa shape index (κ2) is 7.22. The Balaban J connectivity index is 2.04. The van der Waals surface area contributed by atoms with Crippen molar-refractivity contribution < 1.29 is 23.8 Å². The molecule has 0 amide bonds. The molecular formula is C16H20O5. The molecule has 1 aliphatic rings. The monoisotopic (exact) mass is 292 g/mol. The average molecular weight is 292 g/mol. The third-order valence-electron chi connectivity index (χ3n) is 3.59. The number of rotatable bonds is 6. The number of benzene rings is 1. The SMILES string of the molecule is CCOC(=O)C[C@@H]1OCC[C@H]1C(=O)c1ccc(OC)cc1. The van der Waals surface area contributed by atoms with Crippen LogP contribution in [-0.2, 0) is 14.3 Å². The van der Waals surface area contributed by atoms with Gasteiger partial charge in [0, 0.05) is 12.2 Å². The molecule has 1 heterocycles. The van der Waals surface area contributed by atoms with Crippen molar-refractivity contribution in [1.29, 1.82) is 0 Å². The number of ether oxygens (including phenoxy) is 3. The summed E-state index contributed by atoms with van der Waals surface area (Å²) in [6, 6.07) is 6.98. The first-order valence-corrected chi connectivity index (χ1v) is 7.11. The molecule has 5 nitrogen and oxygen atoms in total. The minimum atomic E-state index is -0.390. The first-order chi connectivity index (χ1) is 10.2. The van der Waals surface area contributed by atoms with Gasteiger partial charge in [0.05, 0.1) is 32.2 Å². The number of carbonyl (C=O) groups is 2. The van der Waals surface area contributed by atoms with Crippen molar-refractivity contribution in [3.63, 3.8) is 0 Å². The summed E-state index contributed by atoms with van der Waals surface area (Å²) in [7, 11) is 1.58. The van der Waals surface area contributed by atoms with Crippen molar-refractivity contribution in [2.45, 2.75) is 25.9 Å². The van der Waals surface area contributed by atoms with E-state index < -0.39 is 6.10 Å². The van der Waals surface area contributed by atoms with E-state index in [0.717, 1.165) is 0 Å². The molecule has 0 saturated carbocycles. The van der Waals surface area contributed by atoms with Crippen molar-refractivity contribution in [1.82, 2.24) is 0 Å². The van der Waals surface area contributed by atoms with Crippen LogP contribution in [0, 0.1) is 5.92 Å². The van der Waals surface area contributed by atoms with Crippen LogP contribution in [0.5, 0.6) is 5.75 Å². The maximum Gasteiger partial charge on any atom is 0.308 e. The van der Waals surface area contributed by atoms with Crippen LogP contribution >= 0.6 is 0 Å². The number of hydrogen-bond acceptors (Lipinski definition) is 5. The van der Waals surface area contributed by atoms with Crippen molar-refractivity contribution >= 4 is 11.8 Å². The predicted molar refractivity (Wildman–Crippen MR) is 76.4 cm³/mol. The van der Waals surface area contributed by atoms with Crippen LogP contribution in [0.25, 0.3) is 0 Å². The van der Waals surface area contributed by atoms with Gasteiger partial charge < -0.3 is 14.2 Å². The fourth-order valence-corrected chi connectivity index (χ4v) is 2.50. The Morgan fingerprint density at radius 2 is 2.00 bits per heavy atom. The fourth-order valence-electron chi connectivity index (χ4n) is 2.50. The number of Topliss-reactive ketones (excluding diaryl/α,β-unsaturated/α-hetero) is 1. The number of methoxy groups -OCH3 is 1. The molecule has 1 aromatic carbocycles. The summed E-state index contributed by atoms with van der Waals surface area (Å²) in [5.41, 5.74) is 0.611.